The summed E-state index contributed by atoms with van der Waals surface area (Å²) in [5.41, 5.74) is -9.70. The molecule has 0 saturated carbocycles. The van der Waals surface area contributed by atoms with Gasteiger partial charge in [0.1, 0.15) is 0 Å². The maximum absolute atomic E-state index is 12.8. The number of rotatable bonds is 6. The van der Waals surface area contributed by atoms with Crippen LogP contribution in [-0.2, 0) is 19.6 Å². The number of aliphatic hydroxyl groups is 1. The predicted octanol–water partition coefficient (Wildman–Crippen LogP) is 3.93. The van der Waals surface area contributed by atoms with Crippen molar-refractivity contribution in [2.75, 3.05) is 0 Å². The molecule has 0 aliphatic rings. The van der Waals surface area contributed by atoms with Gasteiger partial charge in [-0.25, -0.2) is 8.42 Å². The van der Waals surface area contributed by atoms with Crippen LogP contribution in [0.4, 0.5) is 26.3 Å². The van der Waals surface area contributed by atoms with Gasteiger partial charge in [-0.05, 0) is 47.5 Å². The van der Waals surface area contributed by atoms with Crippen molar-refractivity contribution in [1.29, 1.82) is 0 Å². The molecule has 1 atom stereocenters. The molecular weight excluding hydrogens is 434 g/mol. The maximum atomic E-state index is 12.8. The number of alkyl halides is 6. The van der Waals surface area contributed by atoms with E-state index in [1.54, 1.807) is 6.92 Å². The molecule has 6 nitrogen and oxygen atoms in total. The van der Waals surface area contributed by atoms with Gasteiger partial charge in [0.05, 0.1) is 15.5 Å². The molecule has 0 rings (SSSR count). The van der Waals surface area contributed by atoms with E-state index in [0.717, 1.165) is 0 Å². The Morgan fingerprint density at radius 1 is 1.00 bits per heavy atom. The Labute approximate surface area is 166 Å². The molecule has 0 aromatic carbocycles. The van der Waals surface area contributed by atoms with Crippen LogP contribution in [0.25, 0.3) is 0 Å². The minimum Gasteiger partial charge on any atom is -0.748 e. The van der Waals surface area contributed by atoms with Crippen LogP contribution in [0, 0.1) is 5.41 Å². The van der Waals surface area contributed by atoms with Crippen LogP contribution < -0.4 is 0 Å². The summed E-state index contributed by atoms with van der Waals surface area (Å²) in [5, 5.41) is 8.54. The van der Waals surface area contributed by atoms with E-state index in [1.165, 1.54) is 27.7 Å². The van der Waals surface area contributed by atoms with Crippen molar-refractivity contribution < 1.29 is 54.0 Å². The average Bonchev–Trinajstić information content (AvgIpc) is 2.50. The fraction of sp³-hybridized carbons (Fsp3) is 0.938. The van der Waals surface area contributed by atoms with Crippen LogP contribution >= 0.6 is 0 Å². The summed E-state index contributed by atoms with van der Waals surface area (Å²) in [7, 11) is -4.00. The highest BCUT2D eigenvalue weighted by molar-refractivity contribution is 7.86. The molecule has 0 aromatic heterocycles. The number of esters is 1. The molecule has 0 amide bonds. The van der Waals surface area contributed by atoms with Gasteiger partial charge >= 0.3 is 18.3 Å². The Morgan fingerprint density at radius 2 is 1.34 bits per heavy atom. The van der Waals surface area contributed by atoms with E-state index >= 15 is 0 Å². The van der Waals surface area contributed by atoms with Crippen molar-refractivity contribution in [3.8, 4) is 0 Å². The van der Waals surface area contributed by atoms with Crippen molar-refractivity contribution in [3.05, 3.63) is 0 Å². The standard InChI is InChI=1S/C12H18F6O3.C4H10O3S/c1-6-8(2,3)7(19)21-9(4,5)10(20,11(13,14)15)12(16,17)18;1-3-4(2)8(5,6)7/h20H,6H2,1-5H3;4H,3H2,1-2H3,(H,5,6,7)/p-1. The first kappa shape index (κ1) is 30.1. The lowest BCUT2D eigenvalue weighted by atomic mass is 9.83. The molecule has 0 saturated heterocycles. The lowest BCUT2D eigenvalue weighted by Crippen LogP contribution is -2.70. The highest BCUT2D eigenvalue weighted by Crippen LogP contribution is 2.51. The monoisotopic (exact) mass is 461 g/mol. The Morgan fingerprint density at radius 3 is 1.52 bits per heavy atom. The fourth-order valence-electron chi connectivity index (χ4n) is 1.64. The van der Waals surface area contributed by atoms with Crippen molar-refractivity contribution in [2.24, 2.45) is 5.41 Å². The van der Waals surface area contributed by atoms with E-state index < -0.39 is 50.3 Å². The minimum atomic E-state index is -6.06. The van der Waals surface area contributed by atoms with Crippen LogP contribution in [0.3, 0.4) is 0 Å². The first-order chi connectivity index (χ1) is 12.4. The van der Waals surface area contributed by atoms with Gasteiger partial charge in [0.15, 0.2) is 5.60 Å². The molecule has 0 heterocycles. The number of halogens is 6. The Hall–Kier alpha value is -1.08. The van der Waals surface area contributed by atoms with E-state index in [2.05, 4.69) is 4.74 Å². The fourth-order valence-corrected chi connectivity index (χ4v) is 2.04. The molecule has 176 valence electrons. The normalized spacial score (nSPS) is 15.3. The molecule has 0 aliphatic heterocycles. The molecular formula is C16H27F6O6S-. The highest BCUT2D eigenvalue weighted by atomic mass is 32.2. The van der Waals surface area contributed by atoms with Gasteiger partial charge in [-0.3, -0.25) is 4.79 Å². The summed E-state index contributed by atoms with van der Waals surface area (Å²) >= 11 is 0. The van der Waals surface area contributed by atoms with Crippen molar-refractivity contribution in [2.45, 2.75) is 90.1 Å². The third-order valence-corrected chi connectivity index (χ3v) is 5.86. The second kappa shape index (κ2) is 9.38. The lowest BCUT2D eigenvalue weighted by molar-refractivity contribution is -0.408. The number of hydrogen-bond donors (Lipinski definition) is 1. The molecule has 0 radical (unpaired) electrons. The summed E-state index contributed by atoms with van der Waals surface area (Å²) in [5.74, 6) is -1.26. The van der Waals surface area contributed by atoms with Crippen molar-refractivity contribution in [3.63, 3.8) is 0 Å². The molecule has 0 aliphatic carbocycles. The molecule has 1 N–H and O–H groups in total. The topological polar surface area (TPSA) is 104 Å². The largest absolute Gasteiger partial charge is 0.748 e. The van der Waals surface area contributed by atoms with Gasteiger partial charge in [-0.1, -0.05) is 13.8 Å². The van der Waals surface area contributed by atoms with E-state index in [0.29, 0.717) is 20.3 Å². The lowest BCUT2D eigenvalue weighted by Gasteiger charge is -2.44. The molecule has 13 heteroatoms. The second-order valence-electron chi connectivity index (χ2n) is 7.55. The van der Waals surface area contributed by atoms with Crippen LogP contribution in [-0.4, -0.2) is 52.9 Å². The summed E-state index contributed by atoms with van der Waals surface area (Å²) in [6, 6.07) is 0. The van der Waals surface area contributed by atoms with E-state index in [1.807, 2.05) is 0 Å². The van der Waals surface area contributed by atoms with Crippen molar-refractivity contribution >= 4 is 16.1 Å². The summed E-state index contributed by atoms with van der Waals surface area (Å²) < 4.78 is 111. The van der Waals surface area contributed by atoms with Crippen LogP contribution in [0.2, 0.25) is 0 Å². The molecule has 0 spiro atoms. The molecule has 29 heavy (non-hydrogen) atoms. The Bertz CT molecular complexity index is 638. The first-order valence-corrected chi connectivity index (χ1v) is 9.93. The van der Waals surface area contributed by atoms with Crippen LogP contribution in [0.1, 0.15) is 61.3 Å². The molecule has 0 fully saturated rings. The van der Waals surface area contributed by atoms with Crippen LogP contribution in [0.15, 0.2) is 0 Å². The Kier molecular flexibility index (Phi) is 9.74. The number of ether oxygens (including phenoxy) is 1. The van der Waals surface area contributed by atoms with Gasteiger partial charge in [-0.2, -0.15) is 26.3 Å². The average molecular weight is 461 g/mol. The summed E-state index contributed by atoms with van der Waals surface area (Å²) in [6.45, 7) is 7.96. The quantitative estimate of drug-likeness (QED) is 0.365. The van der Waals surface area contributed by atoms with Gasteiger partial charge < -0.3 is 14.4 Å². The zero-order valence-corrected chi connectivity index (χ0v) is 18.0. The van der Waals surface area contributed by atoms with Gasteiger partial charge in [0.2, 0.25) is 0 Å². The third-order valence-electron chi connectivity index (χ3n) is 4.54. The molecule has 0 bridgehead atoms. The third kappa shape index (κ3) is 7.28. The van der Waals surface area contributed by atoms with Crippen molar-refractivity contribution in [1.82, 2.24) is 0 Å². The number of carbonyl (C=O) groups excluding carboxylic acids is 1. The zero-order chi connectivity index (χ0) is 24.3. The van der Waals surface area contributed by atoms with Gasteiger partial charge in [-0.15, -0.1) is 0 Å². The number of carbonyl (C=O) groups is 1. The molecule has 0 aromatic rings. The van der Waals surface area contributed by atoms with Crippen LogP contribution in [0.5, 0.6) is 0 Å². The van der Waals surface area contributed by atoms with E-state index in [4.69, 9.17) is 0 Å². The van der Waals surface area contributed by atoms with Gasteiger partial charge in [0, 0.05) is 5.25 Å². The zero-order valence-electron chi connectivity index (χ0n) is 17.2. The molecule has 1 unspecified atom stereocenters. The minimum absolute atomic E-state index is 0.137. The second-order valence-corrected chi connectivity index (χ2v) is 9.35. The summed E-state index contributed by atoms with van der Waals surface area (Å²) in [6.07, 6.45) is -11.6. The smallest absolute Gasteiger partial charge is 0.430 e. The Balaban J connectivity index is 0. The maximum Gasteiger partial charge on any atom is 0.430 e. The SMILES string of the molecule is CCC(C)(C)C(=O)OC(C)(C)C(O)(C(F)(F)F)C(F)(F)F.CCC(C)S(=O)(=O)[O-]. The summed E-state index contributed by atoms with van der Waals surface area (Å²) in [4.78, 5) is 11.7. The van der Waals surface area contributed by atoms with Gasteiger partial charge in [0.25, 0.3) is 5.60 Å². The van der Waals surface area contributed by atoms with E-state index in [-0.39, 0.29) is 6.42 Å². The van der Waals surface area contributed by atoms with E-state index in [9.17, 15) is 49.2 Å². The number of hydrogen-bond acceptors (Lipinski definition) is 6. The first-order valence-electron chi connectivity index (χ1n) is 8.46. The highest BCUT2D eigenvalue weighted by Gasteiger charge is 2.78. The predicted molar refractivity (Wildman–Crippen MR) is 90.8 cm³/mol.